The normalized spacial score (nSPS) is 14.7. The molecule has 1 amide bonds. The summed E-state index contributed by atoms with van der Waals surface area (Å²) >= 11 is 0. The van der Waals surface area contributed by atoms with Crippen molar-refractivity contribution in [3.8, 4) is 5.75 Å². The fourth-order valence-electron chi connectivity index (χ4n) is 3.39. The number of carbonyl (C=O) groups excluding carboxylic acids is 3. The lowest BCUT2D eigenvalue weighted by Crippen LogP contribution is -2.32. The zero-order chi connectivity index (χ0) is 24.3. The van der Waals surface area contributed by atoms with Crippen LogP contribution in [0.5, 0.6) is 5.75 Å². The predicted octanol–water partition coefficient (Wildman–Crippen LogP) is 1.88. The molecular weight excluding hydrogens is 452 g/mol. The van der Waals surface area contributed by atoms with Crippen molar-refractivity contribution in [1.82, 2.24) is 9.62 Å². The molecule has 1 aromatic rings. The topological polar surface area (TPSA) is 128 Å². The first kappa shape index (κ1) is 26.6. The second-order valence-electron chi connectivity index (χ2n) is 7.52. The molecule has 0 aromatic heterocycles. The van der Waals surface area contributed by atoms with E-state index in [1.54, 1.807) is 6.92 Å². The van der Waals surface area contributed by atoms with Crippen LogP contribution >= 0.6 is 0 Å². The molecule has 1 heterocycles. The quantitative estimate of drug-likeness (QED) is 0.372. The first-order chi connectivity index (χ1) is 15.8. The van der Waals surface area contributed by atoms with Crippen LogP contribution in [0.25, 0.3) is 0 Å². The number of ether oxygens (including phenoxy) is 3. The predicted molar refractivity (Wildman–Crippen MR) is 119 cm³/mol. The summed E-state index contributed by atoms with van der Waals surface area (Å²) < 4.78 is 42.6. The van der Waals surface area contributed by atoms with Gasteiger partial charge >= 0.3 is 11.9 Å². The third kappa shape index (κ3) is 8.01. The number of hydrogen-bond acceptors (Lipinski definition) is 8. The molecule has 1 aliphatic rings. The highest BCUT2D eigenvalue weighted by Crippen LogP contribution is 2.26. The number of amides is 1. The fourth-order valence-corrected chi connectivity index (χ4v) is 4.94. The van der Waals surface area contributed by atoms with Crippen LogP contribution in [0.4, 0.5) is 0 Å². The Morgan fingerprint density at radius 1 is 1.06 bits per heavy atom. The second kappa shape index (κ2) is 13.1. The van der Waals surface area contributed by atoms with Crippen LogP contribution in [-0.4, -0.2) is 70.5 Å². The third-order valence-corrected chi connectivity index (χ3v) is 7.01. The van der Waals surface area contributed by atoms with Crippen molar-refractivity contribution in [3.05, 3.63) is 23.8 Å². The van der Waals surface area contributed by atoms with Gasteiger partial charge in [-0.3, -0.25) is 9.59 Å². The maximum atomic E-state index is 13.1. The number of sulfonamides is 1. The van der Waals surface area contributed by atoms with Crippen LogP contribution in [0.2, 0.25) is 0 Å². The zero-order valence-corrected chi connectivity index (χ0v) is 19.9. The minimum Gasteiger partial charge on any atom is -0.496 e. The van der Waals surface area contributed by atoms with Crippen LogP contribution in [-0.2, 0) is 29.1 Å². The molecule has 11 heteroatoms. The van der Waals surface area contributed by atoms with Crippen molar-refractivity contribution in [1.29, 1.82) is 0 Å². The van der Waals surface area contributed by atoms with E-state index < -0.39 is 28.5 Å². The number of carbonyl (C=O) groups is 3. The van der Waals surface area contributed by atoms with Crippen LogP contribution in [0.3, 0.4) is 0 Å². The molecular formula is C22H32N2O8S. The van der Waals surface area contributed by atoms with Crippen molar-refractivity contribution in [2.75, 3.05) is 40.0 Å². The largest absolute Gasteiger partial charge is 0.496 e. The zero-order valence-electron chi connectivity index (χ0n) is 19.1. The monoisotopic (exact) mass is 484 g/mol. The Kier molecular flexibility index (Phi) is 10.6. The SMILES string of the molecule is CCOC(=O)CCCNC(=O)COC(=O)c1cc(S(=O)(=O)N2CCCCCC2)ccc1OC. The highest BCUT2D eigenvalue weighted by Gasteiger charge is 2.27. The lowest BCUT2D eigenvalue weighted by Gasteiger charge is -2.20. The fraction of sp³-hybridized carbons (Fsp3) is 0.591. The van der Waals surface area contributed by atoms with E-state index in [0.717, 1.165) is 25.7 Å². The molecule has 1 fully saturated rings. The molecule has 10 nitrogen and oxygen atoms in total. The molecule has 184 valence electrons. The minimum atomic E-state index is -3.77. The lowest BCUT2D eigenvalue weighted by atomic mass is 10.2. The number of esters is 2. The number of hydrogen-bond donors (Lipinski definition) is 1. The molecule has 0 radical (unpaired) electrons. The minimum absolute atomic E-state index is 0.0273. The van der Waals surface area contributed by atoms with Gasteiger partial charge in [-0.15, -0.1) is 0 Å². The van der Waals surface area contributed by atoms with Crippen LogP contribution in [0, 0.1) is 0 Å². The van der Waals surface area contributed by atoms with Crippen molar-refractivity contribution < 1.29 is 37.0 Å². The van der Waals surface area contributed by atoms with E-state index in [4.69, 9.17) is 14.2 Å². The van der Waals surface area contributed by atoms with Crippen LogP contribution < -0.4 is 10.1 Å². The average Bonchev–Trinajstić information content (AvgIpc) is 3.10. The molecule has 0 bridgehead atoms. The maximum absolute atomic E-state index is 13.1. The van der Waals surface area contributed by atoms with Crippen molar-refractivity contribution in [2.45, 2.75) is 50.3 Å². The summed E-state index contributed by atoms with van der Waals surface area (Å²) in [5.41, 5.74) is -0.0801. The Morgan fingerprint density at radius 2 is 1.76 bits per heavy atom. The van der Waals surface area contributed by atoms with Gasteiger partial charge in [-0.1, -0.05) is 12.8 Å². The summed E-state index contributed by atoms with van der Waals surface area (Å²) in [7, 11) is -2.42. The van der Waals surface area contributed by atoms with Gasteiger partial charge in [-0.05, 0) is 44.4 Å². The van der Waals surface area contributed by atoms with E-state index in [2.05, 4.69) is 5.32 Å². The summed E-state index contributed by atoms with van der Waals surface area (Å²) in [6.07, 6.45) is 4.11. The highest BCUT2D eigenvalue weighted by molar-refractivity contribution is 7.89. The molecule has 0 atom stereocenters. The highest BCUT2D eigenvalue weighted by atomic mass is 32.2. The first-order valence-electron chi connectivity index (χ1n) is 11.1. The van der Waals surface area contributed by atoms with E-state index in [0.29, 0.717) is 26.1 Å². The molecule has 1 aliphatic heterocycles. The van der Waals surface area contributed by atoms with E-state index in [1.807, 2.05) is 0 Å². The number of rotatable bonds is 11. The molecule has 0 saturated carbocycles. The van der Waals surface area contributed by atoms with E-state index in [9.17, 15) is 22.8 Å². The average molecular weight is 485 g/mol. The smallest absolute Gasteiger partial charge is 0.342 e. The summed E-state index contributed by atoms with van der Waals surface area (Å²) in [6, 6.07) is 4.02. The van der Waals surface area contributed by atoms with E-state index in [-0.39, 0.29) is 35.1 Å². The van der Waals surface area contributed by atoms with Gasteiger partial charge in [-0.2, -0.15) is 4.31 Å². The Labute approximate surface area is 194 Å². The van der Waals surface area contributed by atoms with E-state index >= 15 is 0 Å². The van der Waals surface area contributed by atoms with Gasteiger partial charge in [0.1, 0.15) is 11.3 Å². The van der Waals surface area contributed by atoms with Gasteiger partial charge in [0, 0.05) is 26.1 Å². The van der Waals surface area contributed by atoms with Crippen LogP contribution in [0.15, 0.2) is 23.1 Å². The Balaban J connectivity index is 1.98. The van der Waals surface area contributed by atoms with Gasteiger partial charge in [0.15, 0.2) is 6.61 Å². The van der Waals surface area contributed by atoms with Crippen molar-refractivity contribution in [3.63, 3.8) is 0 Å². The van der Waals surface area contributed by atoms with Crippen molar-refractivity contribution in [2.24, 2.45) is 0 Å². The summed E-state index contributed by atoms with van der Waals surface area (Å²) in [6.45, 7) is 2.55. The maximum Gasteiger partial charge on any atom is 0.342 e. The number of nitrogens with one attached hydrogen (secondary N) is 1. The van der Waals surface area contributed by atoms with Gasteiger partial charge in [0.2, 0.25) is 10.0 Å². The molecule has 0 spiro atoms. The summed E-state index contributed by atoms with van der Waals surface area (Å²) in [5, 5.41) is 2.54. The lowest BCUT2D eigenvalue weighted by molar-refractivity contribution is -0.143. The number of methoxy groups -OCH3 is 1. The molecule has 1 aromatic carbocycles. The van der Waals surface area contributed by atoms with Gasteiger partial charge < -0.3 is 19.5 Å². The third-order valence-electron chi connectivity index (χ3n) is 5.11. The van der Waals surface area contributed by atoms with Gasteiger partial charge in [-0.25, -0.2) is 13.2 Å². The number of nitrogens with zero attached hydrogens (tertiary/aromatic N) is 1. The Hall–Kier alpha value is -2.66. The summed E-state index contributed by atoms with van der Waals surface area (Å²) in [5.74, 6) is -1.62. The number of benzene rings is 1. The molecule has 0 unspecified atom stereocenters. The standard InChI is InChI=1S/C22H32N2O8S/c1-3-31-21(26)9-8-12-23-20(25)16-32-22(27)18-15-17(10-11-19(18)30-2)33(28,29)24-13-6-4-5-7-14-24/h10-11,15H,3-9,12-14,16H2,1-2H3,(H,23,25). The Bertz CT molecular complexity index is 924. The van der Waals surface area contributed by atoms with Gasteiger partial charge in [0.25, 0.3) is 5.91 Å². The van der Waals surface area contributed by atoms with Crippen molar-refractivity contribution >= 4 is 27.9 Å². The molecule has 2 rings (SSSR count). The first-order valence-corrected chi connectivity index (χ1v) is 12.5. The molecule has 33 heavy (non-hydrogen) atoms. The van der Waals surface area contributed by atoms with E-state index in [1.165, 1.54) is 29.6 Å². The second-order valence-corrected chi connectivity index (χ2v) is 9.45. The van der Waals surface area contributed by atoms with Crippen LogP contribution in [0.1, 0.15) is 55.8 Å². The summed E-state index contributed by atoms with van der Waals surface area (Å²) in [4.78, 5) is 35.8. The molecule has 1 N–H and O–H groups in total. The van der Waals surface area contributed by atoms with Gasteiger partial charge in [0.05, 0.1) is 18.6 Å². The molecule has 0 aliphatic carbocycles. The molecule has 1 saturated heterocycles. The Morgan fingerprint density at radius 3 is 2.39 bits per heavy atom.